The van der Waals surface area contributed by atoms with Crippen LogP contribution in [0.25, 0.3) is 0 Å². The average molecular weight is 377 g/mol. The van der Waals surface area contributed by atoms with Crippen molar-refractivity contribution in [3.63, 3.8) is 0 Å². The predicted molar refractivity (Wildman–Crippen MR) is 90.1 cm³/mol. The molecule has 0 saturated carbocycles. The predicted octanol–water partition coefficient (Wildman–Crippen LogP) is 1.46. The van der Waals surface area contributed by atoms with Crippen LogP contribution in [0.4, 0.5) is 0 Å². The number of amides is 1. The van der Waals surface area contributed by atoms with Crippen LogP contribution in [0.3, 0.4) is 0 Å². The summed E-state index contributed by atoms with van der Waals surface area (Å²) in [6.07, 6.45) is 0. The van der Waals surface area contributed by atoms with E-state index in [2.05, 4.69) is 10.0 Å². The van der Waals surface area contributed by atoms with Crippen LogP contribution in [-0.4, -0.2) is 38.5 Å². The summed E-state index contributed by atoms with van der Waals surface area (Å²) in [7, 11) is -3.90. The number of rotatable bonds is 6. The van der Waals surface area contributed by atoms with E-state index in [-0.39, 0.29) is 4.90 Å². The summed E-state index contributed by atoms with van der Waals surface area (Å²) in [4.78, 5) is 23.4. The Bertz CT molecular complexity index is 696. The Kier molecular flexibility index (Phi) is 6.76. The number of sulfonamides is 1. The van der Waals surface area contributed by atoms with Crippen LogP contribution in [0.1, 0.15) is 27.7 Å². The molecule has 0 bridgehead atoms. The standard InChI is InChI=1S/C15H21ClN2O5S/c1-10(14(20)23-9-13(19)17-15(2,3)4)18-24(21,22)12-7-5-11(16)6-8-12/h5-8,10,18H,9H2,1-4H3,(H,17,19)/t10-/m0/s1. The Balaban J connectivity index is 2.60. The molecule has 1 atom stereocenters. The Morgan fingerprint density at radius 3 is 2.25 bits per heavy atom. The van der Waals surface area contributed by atoms with Crippen LogP contribution in [0.5, 0.6) is 0 Å². The van der Waals surface area contributed by atoms with Crippen LogP contribution < -0.4 is 10.0 Å². The molecule has 1 aromatic rings. The van der Waals surface area contributed by atoms with Gasteiger partial charge in [0.1, 0.15) is 6.04 Å². The van der Waals surface area contributed by atoms with Gasteiger partial charge in [-0.05, 0) is 52.0 Å². The van der Waals surface area contributed by atoms with E-state index in [0.29, 0.717) is 5.02 Å². The molecule has 0 saturated heterocycles. The summed E-state index contributed by atoms with van der Waals surface area (Å²) in [6, 6.07) is 4.35. The SMILES string of the molecule is C[C@H](NS(=O)(=O)c1ccc(Cl)cc1)C(=O)OCC(=O)NC(C)(C)C. The molecule has 9 heteroatoms. The fraction of sp³-hybridized carbons (Fsp3) is 0.467. The Morgan fingerprint density at radius 2 is 1.75 bits per heavy atom. The van der Waals surface area contributed by atoms with Gasteiger partial charge in [0, 0.05) is 10.6 Å². The number of benzene rings is 1. The van der Waals surface area contributed by atoms with Crippen molar-refractivity contribution in [1.29, 1.82) is 0 Å². The van der Waals surface area contributed by atoms with E-state index in [9.17, 15) is 18.0 Å². The number of hydrogen-bond donors (Lipinski definition) is 2. The first-order valence-electron chi connectivity index (χ1n) is 7.16. The van der Waals surface area contributed by atoms with Crippen molar-refractivity contribution in [3.05, 3.63) is 29.3 Å². The topological polar surface area (TPSA) is 102 Å². The molecule has 134 valence electrons. The molecule has 0 unspecified atom stereocenters. The molecule has 0 fully saturated rings. The number of esters is 1. The third-order valence-electron chi connectivity index (χ3n) is 2.67. The smallest absolute Gasteiger partial charge is 0.324 e. The van der Waals surface area contributed by atoms with Gasteiger partial charge in [0.15, 0.2) is 6.61 Å². The maximum atomic E-state index is 12.1. The minimum atomic E-state index is -3.90. The summed E-state index contributed by atoms with van der Waals surface area (Å²) >= 11 is 5.71. The van der Waals surface area contributed by atoms with E-state index >= 15 is 0 Å². The minimum absolute atomic E-state index is 0.0305. The molecule has 1 amide bonds. The van der Waals surface area contributed by atoms with Crippen molar-refractivity contribution >= 4 is 33.5 Å². The molecule has 0 aliphatic carbocycles. The van der Waals surface area contributed by atoms with Crippen LogP contribution in [0.15, 0.2) is 29.2 Å². The summed E-state index contributed by atoms with van der Waals surface area (Å²) in [6.45, 7) is 6.21. The van der Waals surface area contributed by atoms with Crippen molar-refractivity contribution in [1.82, 2.24) is 10.0 Å². The van der Waals surface area contributed by atoms with Crippen molar-refractivity contribution in [2.45, 2.75) is 44.2 Å². The summed E-state index contributed by atoms with van der Waals surface area (Å²) < 4.78 is 31.3. The zero-order chi connectivity index (χ0) is 18.5. The monoisotopic (exact) mass is 376 g/mol. The van der Waals surface area contributed by atoms with Gasteiger partial charge in [-0.1, -0.05) is 11.6 Å². The second kappa shape index (κ2) is 7.96. The van der Waals surface area contributed by atoms with Crippen molar-refractivity contribution in [2.24, 2.45) is 0 Å². The Hall–Kier alpha value is -1.64. The molecule has 7 nitrogen and oxygen atoms in total. The van der Waals surface area contributed by atoms with Gasteiger partial charge in [-0.25, -0.2) is 8.42 Å². The van der Waals surface area contributed by atoms with Crippen molar-refractivity contribution in [2.75, 3.05) is 6.61 Å². The molecule has 0 heterocycles. The lowest BCUT2D eigenvalue weighted by atomic mass is 10.1. The summed E-state index contributed by atoms with van der Waals surface area (Å²) in [5, 5.41) is 3.02. The van der Waals surface area contributed by atoms with E-state index in [1.807, 2.05) is 0 Å². The lowest BCUT2D eigenvalue weighted by Crippen LogP contribution is -2.44. The lowest BCUT2D eigenvalue weighted by Gasteiger charge is -2.20. The molecular formula is C15H21ClN2O5S. The molecule has 0 aromatic heterocycles. The Labute approximate surface area is 146 Å². The molecular weight excluding hydrogens is 356 g/mol. The largest absolute Gasteiger partial charge is 0.454 e. The van der Waals surface area contributed by atoms with Gasteiger partial charge in [0.2, 0.25) is 10.0 Å². The van der Waals surface area contributed by atoms with Crippen LogP contribution in [0, 0.1) is 0 Å². The van der Waals surface area contributed by atoms with Gasteiger partial charge in [0.05, 0.1) is 4.90 Å². The highest BCUT2D eigenvalue weighted by Crippen LogP contribution is 2.14. The van der Waals surface area contributed by atoms with E-state index in [0.717, 1.165) is 0 Å². The molecule has 0 spiro atoms. The third kappa shape index (κ3) is 6.86. The molecule has 1 aromatic carbocycles. The first-order chi connectivity index (χ1) is 10.9. The maximum Gasteiger partial charge on any atom is 0.324 e. The summed E-state index contributed by atoms with van der Waals surface area (Å²) in [5.41, 5.74) is -0.453. The highest BCUT2D eigenvalue weighted by Gasteiger charge is 2.24. The van der Waals surface area contributed by atoms with Gasteiger partial charge < -0.3 is 10.1 Å². The number of carbonyl (C=O) groups excluding carboxylic acids is 2. The highest BCUT2D eigenvalue weighted by molar-refractivity contribution is 7.89. The lowest BCUT2D eigenvalue weighted by molar-refractivity contribution is -0.150. The minimum Gasteiger partial charge on any atom is -0.454 e. The van der Waals surface area contributed by atoms with Gasteiger partial charge in [-0.3, -0.25) is 9.59 Å². The quantitative estimate of drug-likeness (QED) is 0.732. The number of carbonyl (C=O) groups is 2. The molecule has 0 aliphatic heterocycles. The number of ether oxygens (including phenoxy) is 1. The third-order valence-corrected chi connectivity index (χ3v) is 4.48. The fourth-order valence-electron chi connectivity index (χ4n) is 1.68. The summed E-state index contributed by atoms with van der Waals surface area (Å²) in [5.74, 6) is -1.32. The molecule has 0 aliphatic rings. The zero-order valence-electron chi connectivity index (χ0n) is 13.9. The normalized spacial score (nSPS) is 13.2. The van der Waals surface area contributed by atoms with Crippen molar-refractivity contribution < 1.29 is 22.7 Å². The van der Waals surface area contributed by atoms with Gasteiger partial charge in [-0.15, -0.1) is 0 Å². The molecule has 0 radical (unpaired) electrons. The number of hydrogen-bond acceptors (Lipinski definition) is 5. The second-order valence-electron chi connectivity index (χ2n) is 6.20. The molecule has 1 rings (SSSR count). The first-order valence-corrected chi connectivity index (χ1v) is 9.02. The van der Waals surface area contributed by atoms with E-state index < -0.39 is 40.1 Å². The van der Waals surface area contributed by atoms with E-state index in [1.54, 1.807) is 20.8 Å². The van der Waals surface area contributed by atoms with Gasteiger partial charge in [0.25, 0.3) is 5.91 Å². The number of halogens is 1. The maximum absolute atomic E-state index is 12.1. The highest BCUT2D eigenvalue weighted by atomic mass is 35.5. The second-order valence-corrected chi connectivity index (χ2v) is 8.35. The Morgan fingerprint density at radius 1 is 1.21 bits per heavy atom. The average Bonchev–Trinajstić information content (AvgIpc) is 2.42. The van der Waals surface area contributed by atoms with E-state index in [1.165, 1.54) is 31.2 Å². The van der Waals surface area contributed by atoms with Crippen LogP contribution >= 0.6 is 11.6 Å². The zero-order valence-corrected chi connectivity index (χ0v) is 15.5. The van der Waals surface area contributed by atoms with Gasteiger partial charge in [-0.2, -0.15) is 4.72 Å². The van der Waals surface area contributed by atoms with Crippen LogP contribution in [0.2, 0.25) is 5.02 Å². The fourth-order valence-corrected chi connectivity index (χ4v) is 3.00. The van der Waals surface area contributed by atoms with Crippen molar-refractivity contribution in [3.8, 4) is 0 Å². The van der Waals surface area contributed by atoms with Gasteiger partial charge >= 0.3 is 5.97 Å². The molecule has 24 heavy (non-hydrogen) atoms. The first kappa shape index (κ1) is 20.4. The van der Waals surface area contributed by atoms with Crippen LogP contribution in [-0.2, 0) is 24.3 Å². The number of nitrogens with one attached hydrogen (secondary N) is 2. The van der Waals surface area contributed by atoms with E-state index in [4.69, 9.17) is 16.3 Å². The molecule has 2 N–H and O–H groups in total.